The highest BCUT2D eigenvalue weighted by Gasteiger charge is 2.33. The highest BCUT2D eigenvalue weighted by molar-refractivity contribution is 4.97. The van der Waals surface area contributed by atoms with Crippen LogP contribution >= 0.6 is 0 Å². The highest BCUT2D eigenvalue weighted by Crippen LogP contribution is 2.22. The molecule has 7 nitrogen and oxygen atoms in total. The second kappa shape index (κ2) is 19.6. The van der Waals surface area contributed by atoms with Gasteiger partial charge in [-0.2, -0.15) is 0 Å². The molecule has 0 heterocycles. The fourth-order valence-electron chi connectivity index (χ4n) is 3.72. The normalized spacial score (nSPS) is 14.2. The number of unbranched alkanes of at least 4 members (excludes halogenated alkanes) is 1. The van der Waals surface area contributed by atoms with Crippen molar-refractivity contribution in [2.75, 3.05) is 59.5 Å². The van der Waals surface area contributed by atoms with Crippen molar-refractivity contribution in [3.8, 4) is 0 Å². The summed E-state index contributed by atoms with van der Waals surface area (Å²) in [4.78, 5) is 0. The van der Waals surface area contributed by atoms with E-state index in [0.29, 0.717) is 6.61 Å². The minimum atomic E-state index is -1.15. The largest absolute Gasteiger partial charge is 0.396 e. The molecule has 7 heteroatoms. The summed E-state index contributed by atoms with van der Waals surface area (Å²) in [5.74, 6) is 1.60. The van der Waals surface area contributed by atoms with Crippen molar-refractivity contribution in [3.63, 3.8) is 0 Å². The van der Waals surface area contributed by atoms with Crippen molar-refractivity contribution < 1.29 is 35.0 Å². The predicted molar refractivity (Wildman–Crippen MR) is 137 cm³/mol. The van der Waals surface area contributed by atoms with Crippen LogP contribution in [0.3, 0.4) is 0 Å². The standard InChI is InChI=1S/C27H54O7/c1-23(2)9-7-11-25(4)13-8-12-24(3)10-5-6-14-33-21-27(18-31,19-32)22-34-20-26(15-28,16-29)17-30/h10,23,25,28-32H,5-9,11-22H2,1-4H3/b24-10+. The number of ether oxygens (including phenoxy) is 2. The van der Waals surface area contributed by atoms with E-state index >= 15 is 0 Å². The first-order valence-corrected chi connectivity index (χ1v) is 13.1. The SMILES string of the molecule is C/C(=C\CCCOCC(CO)(CO)COCC(CO)(CO)CO)CCCC(C)CCCC(C)C. The molecule has 0 amide bonds. The Bertz CT molecular complexity index is 491. The molecule has 0 spiro atoms. The van der Waals surface area contributed by atoms with Crippen molar-refractivity contribution in [1.29, 1.82) is 0 Å². The molecule has 204 valence electrons. The summed E-state index contributed by atoms with van der Waals surface area (Å²) in [6.07, 6.45) is 11.7. The van der Waals surface area contributed by atoms with Gasteiger partial charge in [0, 0.05) is 6.61 Å². The van der Waals surface area contributed by atoms with Crippen LogP contribution in [0.15, 0.2) is 11.6 Å². The van der Waals surface area contributed by atoms with Gasteiger partial charge in [0.05, 0.1) is 63.7 Å². The molecular weight excluding hydrogens is 436 g/mol. The molecule has 5 N–H and O–H groups in total. The molecule has 0 aromatic carbocycles. The summed E-state index contributed by atoms with van der Waals surface area (Å²) in [5.41, 5.74) is -0.694. The van der Waals surface area contributed by atoms with Crippen molar-refractivity contribution >= 4 is 0 Å². The van der Waals surface area contributed by atoms with Crippen LogP contribution in [0, 0.1) is 22.7 Å². The molecule has 0 radical (unpaired) electrons. The summed E-state index contributed by atoms with van der Waals surface area (Å²) < 4.78 is 11.2. The van der Waals surface area contributed by atoms with E-state index in [4.69, 9.17) is 9.47 Å². The second-order valence-electron chi connectivity index (χ2n) is 10.9. The lowest BCUT2D eigenvalue weighted by atomic mass is 9.90. The van der Waals surface area contributed by atoms with E-state index in [0.717, 1.165) is 31.1 Å². The van der Waals surface area contributed by atoms with Crippen LogP contribution < -0.4 is 0 Å². The Balaban J connectivity index is 4.14. The minimum absolute atomic E-state index is 0.00332. The molecule has 0 rings (SSSR count). The number of hydrogen-bond acceptors (Lipinski definition) is 7. The monoisotopic (exact) mass is 490 g/mol. The maximum atomic E-state index is 9.77. The summed E-state index contributed by atoms with van der Waals surface area (Å²) in [5, 5.41) is 47.7. The van der Waals surface area contributed by atoms with Crippen molar-refractivity contribution in [3.05, 3.63) is 11.6 Å². The average Bonchev–Trinajstić information content (AvgIpc) is 2.83. The maximum Gasteiger partial charge on any atom is 0.0632 e. The molecule has 34 heavy (non-hydrogen) atoms. The third-order valence-electron chi connectivity index (χ3n) is 6.63. The Morgan fingerprint density at radius 3 is 1.79 bits per heavy atom. The zero-order chi connectivity index (χ0) is 25.9. The van der Waals surface area contributed by atoms with Crippen LogP contribution in [-0.2, 0) is 9.47 Å². The first kappa shape index (κ1) is 33.5. The Kier molecular flexibility index (Phi) is 19.3. The van der Waals surface area contributed by atoms with Crippen LogP contribution in [0.1, 0.15) is 79.1 Å². The van der Waals surface area contributed by atoms with Crippen LogP contribution in [0.2, 0.25) is 0 Å². The summed E-state index contributed by atoms with van der Waals surface area (Å²) >= 11 is 0. The fraction of sp³-hybridized carbons (Fsp3) is 0.926. The molecule has 0 aromatic rings. The molecule has 0 aliphatic rings. The fourth-order valence-corrected chi connectivity index (χ4v) is 3.72. The van der Waals surface area contributed by atoms with Gasteiger partial charge in [-0.1, -0.05) is 58.1 Å². The van der Waals surface area contributed by atoms with Gasteiger partial charge in [-0.3, -0.25) is 0 Å². The Hall–Kier alpha value is -0.540. The van der Waals surface area contributed by atoms with Crippen molar-refractivity contribution in [2.45, 2.75) is 79.1 Å². The minimum Gasteiger partial charge on any atom is -0.396 e. The third-order valence-corrected chi connectivity index (χ3v) is 6.63. The quantitative estimate of drug-likeness (QED) is 0.110. The van der Waals surface area contributed by atoms with Gasteiger partial charge >= 0.3 is 0 Å². The van der Waals surface area contributed by atoms with Crippen LogP contribution in [0.25, 0.3) is 0 Å². The van der Waals surface area contributed by atoms with E-state index in [-0.39, 0.29) is 33.0 Å². The molecule has 0 fully saturated rings. The predicted octanol–water partition coefficient (Wildman–Crippen LogP) is 3.31. The first-order valence-electron chi connectivity index (χ1n) is 13.1. The summed E-state index contributed by atoms with van der Waals surface area (Å²) in [7, 11) is 0. The number of aliphatic hydroxyl groups excluding tert-OH is 5. The van der Waals surface area contributed by atoms with E-state index in [9.17, 15) is 25.5 Å². The average molecular weight is 491 g/mol. The molecule has 0 aliphatic carbocycles. The highest BCUT2D eigenvalue weighted by atomic mass is 16.5. The zero-order valence-corrected chi connectivity index (χ0v) is 22.3. The van der Waals surface area contributed by atoms with Gasteiger partial charge in [0.15, 0.2) is 0 Å². The molecule has 0 aliphatic heterocycles. The maximum absolute atomic E-state index is 9.77. The van der Waals surface area contributed by atoms with Gasteiger partial charge in [0.2, 0.25) is 0 Å². The van der Waals surface area contributed by atoms with Crippen LogP contribution in [0.4, 0.5) is 0 Å². The van der Waals surface area contributed by atoms with Gasteiger partial charge in [0.1, 0.15) is 0 Å². The first-order chi connectivity index (χ1) is 16.2. The van der Waals surface area contributed by atoms with Crippen molar-refractivity contribution in [1.82, 2.24) is 0 Å². The van der Waals surface area contributed by atoms with E-state index < -0.39 is 30.7 Å². The molecule has 0 saturated heterocycles. The molecule has 1 atom stereocenters. The van der Waals surface area contributed by atoms with Crippen molar-refractivity contribution in [2.24, 2.45) is 22.7 Å². The Morgan fingerprint density at radius 2 is 1.24 bits per heavy atom. The summed E-state index contributed by atoms with van der Waals surface area (Å²) in [6, 6.07) is 0. The number of rotatable bonds is 23. The zero-order valence-electron chi connectivity index (χ0n) is 22.3. The van der Waals surface area contributed by atoms with Crippen LogP contribution in [0.5, 0.6) is 0 Å². The smallest absolute Gasteiger partial charge is 0.0632 e. The van der Waals surface area contributed by atoms with Gasteiger partial charge in [0.25, 0.3) is 0 Å². The van der Waals surface area contributed by atoms with Gasteiger partial charge in [-0.05, 0) is 44.4 Å². The molecule has 0 bridgehead atoms. The third kappa shape index (κ3) is 14.8. The topological polar surface area (TPSA) is 120 Å². The van der Waals surface area contributed by atoms with Gasteiger partial charge in [-0.15, -0.1) is 0 Å². The lowest BCUT2D eigenvalue weighted by Crippen LogP contribution is -2.43. The lowest BCUT2D eigenvalue weighted by molar-refractivity contribution is -0.111. The Labute approximate surface area is 208 Å². The molecular formula is C27H54O7. The number of hydrogen-bond donors (Lipinski definition) is 5. The molecule has 0 saturated carbocycles. The molecule has 1 unspecified atom stereocenters. The van der Waals surface area contributed by atoms with E-state index in [2.05, 4.69) is 33.8 Å². The van der Waals surface area contributed by atoms with Gasteiger partial charge in [-0.25, -0.2) is 0 Å². The van der Waals surface area contributed by atoms with Gasteiger partial charge < -0.3 is 35.0 Å². The van der Waals surface area contributed by atoms with E-state index in [1.165, 1.54) is 37.7 Å². The number of aliphatic hydroxyl groups is 5. The lowest BCUT2D eigenvalue weighted by Gasteiger charge is -2.32. The summed E-state index contributed by atoms with van der Waals surface area (Å²) in [6.45, 7) is 7.80. The Morgan fingerprint density at radius 1 is 0.706 bits per heavy atom. The number of allylic oxidation sites excluding steroid dienone is 2. The van der Waals surface area contributed by atoms with E-state index in [1.807, 2.05) is 0 Å². The molecule has 0 aromatic heterocycles. The van der Waals surface area contributed by atoms with Crippen LogP contribution in [-0.4, -0.2) is 85.0 Å². The second-order valence-corrected chi connectivity index (χ2v) is 10.9. The van der Waals surface area contributed by atoms with E-state index in [1.54, 1.807) is 0 Å².